The second kappa shape index (κ2) is 5.26. The number of carboxylic acid groups (broad SMARTS) is 1. The number of carbonyl (C=O) groups is 2. The van der Waals surface area contributed by atoms with Gasteiger partial charge in [0.15, 0.2) is 0 Å². The molecule has 2 aliphatic rings. The van der Waals surface area contributed by atoms with Crippen LogP contribution >= 0.6 is 0 Å². The average molecular weight is 254 g/mol. The summed E-state index contributed by atoms with van der Waals surface area (Å²) in [5.41, 5.74) is 5.66. The van der Waals surface area contributed by atoms with E-state index in [2.05, 4.69) is 0 Å². The highest BCUT2D eigenvalue weighted by atomic mass is 16.4. The Hall–Kier alpha value is -1.10. The SMILES string of the molecule is CC(N)CC(=O)N1C(C(=O)O)CC2CCCCC21. The summed E-state index contributed by atoms with van der Waals surface area (Å²) in [6.45, 7) is 1.78. The van der Waals surface area contributed by atoms with Crippen LogP contribution in [0, 0.1) is 5.92 Å². The van der Waals surface area contributed by atoms with Crippen molar-refractivity contribution in [3.63, 3.8) is 0 Å². The number of hydrogen-bond donors (Lipinski definition) is 2. The van der Waals surface area contributed by atoms with Crippen molar-refractivity contribution >= 4 is 11.9 Å². The van der Waals surface area contributed by atoms with Crippen LogP contribution in [-0.2, 0) is 9.59 Å². The molecular weight excluding hydrogens is 232 g/mol. The van der Waals surface area contributed by atoms with Crippen molar-refractivity contribution in [2.45, 2.75) is 63.6 Å². The normalized spacial score (nSPS) is 33.0. The predicted octanol–water partition coefficient (Wildman–Crippen LogP) is 0.968. The van der Waals surface area contributed by atoms with Gasteiger partial charge in [-0.2, -0.15) is 0 Å². The molecular formula is C13H22N2O3. The molecule has 0 radical (unpaired) electrons. The monoisotopic (exact) mass is 254 g/mol. The Balaban J connectivity index is 2.16. The molecule has 2 fully saturated rings. The Morgan fingerprint density at radius 2 is 2.06 bits per heavy atom. The fourth-order valence-electron chi connectivity index (χ4n) is 3.42. The average Bonchev–Trinajstić information content (AvgIpc) is 2.67. The fraction of sp³-hybridized carbons (Fsp3) is 0.846. The summed E-state index contributed by atoms with van der Waals surface area (Å²) in [4.78, 5) is 25.1. The van der Waals surface area contributed by atoms with Gasteiger partial charge in [0.25, 0.3) is 0 Å². The molecule has 4 atom stereocenters. The second-order valence-corrected chi connectivity index (χ2v) is 5.68. The summed E-state index contributed by atoms with van der Waals surface area (Å²) in [5.74, 6) is -0.592. The number of hydrogen-bond acceptors (Lipinski definition) is 3. The minimum atomic E-state index is -0.873. The summed E-state index contributed by atoms with van der Waals surface area (Å²) in [5, 5.41) is 9.29. The Morgan fingerprint density at radius 1 is 1.39 bits per heavy atom. The number of nitrogens with zero attached hydrogens (tertiary/aromatic N) is 1. The number of carbonyl (C=O) groups excluding carboxylic acids is 1. The summed E-state index contributed by atoms with van der Waals surface area (Å²) >= 11 is 0. The van der Waals surface area contributed by atoms with Crippen molar-refractivity contribution in [2.75, 3.05) is 0 Å². The van der Waals surface area contributed by atoms with Crippen LogP contribution in [0.4, 0.5) is 0 Å². The summed E-state index contributed by atoms with van der Waals surface area (Å²) < 4.78 is 0. The molecule has 5 nitrogen and oxygen atoms in total. The van der Waals surface area contributed by atoms with E-state index in [0.29, 0.717) is 12.3 Å². The van der Waals surface area contributed by atoms with Gasteiger partial charge in [-0.1, -0.05) is 12.8 Å². The van der Waals surface area contributed by atoms with E-state index in [-0.39, 0.29) is 24.4 Å². The highest BCUT2D eigenvalue weighted by Crippen LogP contribution is 2.40. The van der Waals surface area contributed by atoms with E-state index >= 15 is 0 Å². The molecule has 1 saturated heterocycles. The smallest absolute Gasteiger partial charge is 0.326 e. The van der Waals surface area contributed by atoms with Gasteiger partial charge in [-0.25, -0.2) is 4.79 Å². The van der Waals surface area contributed by atoms with Crippen molar-refractivity contribution in [2.24, 2.45) is 11.7 Å². The number of aliphatic carboxylic acids is 1. The van der Waals surface area contributed by atoms with E-state index in [1.807, 2.05) is 0 Å². The van der Waals surface area contributed by atoms with Crippen LogP contribution in [0.5, 0.6) is 0 Å². The fourth-order valence-corrected chi connectivity index (χ4v) is 3.42. The number of nitrogens with two attached hydrogens (primary N) is 1. The molecule has 1 aliphatic carbocycles. The largest absolute Gasteiger partial charge is 0.480 e. The minimum absolute atomic E-state index is 0.0909. The molecule has 0 spiro atoms. The van der Waals surface area contributed by atoms with Crippen molar-refractivity contribution < 1.29 is 14.7 Å². The molecule has 3 N–H and O–H groups in total. The van der Waals surface area contributed by atoms with Crippen LogP contribution in [0.2, 0.25) is 0 Å². The third-order valence-corrected chi connectivity index (χ3v) is 4.16. The van der Waals surface area contributed by atoms with Gasteiger partial charge in [0.2, 0.25) is 5.91 Å². The first-order valence-electron chi connectivity index (χ1n) is 6.80. The van der Waals surface area contributed by atoms with Gasteiger partial charge in [-0.05, 0) is 32.1 Å². The first-order chi connectivity index (χ1) is 8.50. The zero-order chi connectivity index (χ0) is 13.3. The number of rotatable bonds is 3. The lowest BCUT2D eigenvalue weighted by Gasteiger charge is -2.33. The number of amides is 1. The van der Waals surface area contributed by atoms with E-state index in [1.165, 1.54) is 0 Å². The lowest BCUT2D eigenvalue weighted by molar-refractivity contribution is -0.150. The van der Waals surface area contributed by atoms with Gasteiger partial charge >= 0.3 is 5.97 Å². The molecule has 5 heteroatoms. The van der Waals surface area contributed by atoms with E-state index in [0.717, 1.165) is 25.7 Å². The van der Waals surface area contributed by atoms with Crippen LogP contribution in [0.3, 0.4) is 0 Å². The van der Waals surface area contributed by atoms with Crippen molar-refractivity contribution in [3.05, 3.63) is 0 Å². The van der Waals surface area contributed by atoms with Crippen LogP contribution in [-0.4, -0.2) is 40.0 Å². The van der Waals surface area contributed by atoms with Gasteiger partial charge in [-0.15, -0.1) is 0 Å². The van der Waals surface area contributed by atoms with Crippen LogP contribution in [0.25, 0.3) is 0 Å². The van der Waals surface area contributed by atoms with Crippen LogP contribution < -0.4 is 5.73 Å². The van der Waals surface area contributed by atoms with Crippen LogP contribution in [0.1, 0.15) is 45.4 Å². The van der Waals surface area contributed by atoms with E-state index < -0.39 is 12.0 Å². The Bertz CT molecular complexity index is 343. The summed E-state index contributed by atoms with van der Waals surface area (Å²) in [7, 11) is 0. The zero-order valence-electron chi connectivity index (χ0n) is 10.8. The summed E-state index contributed by atoms with van der Waals surface area (Å²) in [6.07, 6.45) is 5.10. The highest BCUT2D eigenvalue weighted by molar-refractivity contribution is 5.85. The van der Waals surface area contributed by atoms with Crippen molar-refractivity contribution in [3.8, 4) is 0 Å². The molecule has 0 aromatic heterocycles. The minimum Gasteiger partial charge on any atom is -0.480 e. The lowest BCUT2D eigenvalue weighted by Crippen LogP contribution is -2.47. The molecule has 1 heterocycles. The molecule has 102 valence electrons. The standard InChI is InChI=1S/C13H22N2O3/c1-8(14)6-12(16)15-10-5-3-2-4-9(10)7-11(15)13(17)18/h8-11H,2-7,14H2,1H3,(H,17,18). The maximum atomic E-state index is 12.2. The van der Waals surface area contributed by atoms with E-state index in [9.17, 15) is 14.7 Å². The van der Waals surface area contributed by atoms with Crippen molar-refractivity contribution in [1.29, 1.82) is 0 Å². The molecule has 18 heavy (non-hydrogen) atoms. The van der Waals surface area contributed by atoms with Gasteiger partial charge in [0, 0.05) is 18.5 Å². The van der Waals surface area contributed by atoms with Gasteiger partial charge < -0.3 is 15.7 Å². The zero-order valence-corrected chi connectivity index (χ0v) is 10.8. The first kappa shape index (κ1) is 13.3. The number of carboxylic acids is 1. The molecule has 1 amide bonds. The van der Waals surface area contributed by atoms with E-state index in [4.69, 9.17) is 5.73 Å². The molecule has 0 aromatic carbocycles. The third kappa shape index (κ3) is 2.51. The summed E-state index contributed by atoms with van der Waals surface area (Å²) in [6, 6.07) is -0.718. The number of likely N-dealkylation sites (tertiary alicyclic amines) is 1. The second-order valence-electron chi connectivity index (χ2n) is 5.68. The van der Waals surface area contributed by atoms with Gasteiger partial charge in [0.05, 0.1) is 0 Å². The molecule has 1 aliphatic heterocycles. The molecule has 1 saturated carbocycles. The van der Waals surface area contributed by atoms with Gasteiger partial charge in [0.1, 0.15) is 6.04 Å². The Morgan fingerprint density at radius 3 is 2.67 bits per heavy atom. The molecule has 0 aromatic rings. The van der Waals surface area contributed by atoms with E-state index in [1.54, 1.807) is 11.8 Å². The Labute approximate surface area is 107 Å². The quantitative estimate of drug-likeness (QED) is 0.786. The predicted molar refractivity (Wildman–Crippen MR) is 66.9 cm³/mol. The topological polar surface area (TPSA) is 83.6 Å². The van der Waals surface area contributed by atoms with Gasteiger partial charge in [-0.3, -0.25) is 4.79 Å². The lowest BCUT2D eigenvalue weighted by atomic mass is 9.84. The van der Waals surface area contributed by atoms with Crippen LogP contribution in [0.15, 0.2) is 0 Å². The first-order valence-corrected chi connectivity index (χ1v) is 6.80. The maximum absolute atomic E-state index is 12.2. The number of fused-ring (bicyclic) bond motifs is 1. The highest BCUT2D eigenvalue weighted by Gasteiger charge is 2.47. The molecule has 2 rings (SSSR count). The molecule has 0 bridgehead atoms. The maximum Gasteiger partial charge on any atom is 0.326 e. The Kier molecular flexibility index (Phi) is 3.90. The third-order valence-electron chi connectivity index (χ3n) is 4.16. The van der Waals surface area contributed by atoms with Crippen molar-refractivity contribution in [1.82, 2.24) is 4.90 Å². The molecule has 4 unspecified atom stereocenters.